The van der Waals surface area contributed by atoms with Crippen molar-refractivity contribution in [2.45, 2.75) is 25.3 Å². The summed E-state index contributed by atoms with van der Waals surface area (Å²) in [5.74, 6) is -0.772. The number of carbonyl (C=O) groups excluding carboxylic acids is 1. The van der Waals surface area contributed by atoms with Crippen molar-refractivity contribution in [2.24, 2.45) is 5.73 Å². The van der Waals surface area contributed by atoms with Gasteiger partial charge in [-0.05, 0) is 49.5 Å². The Morgan fingerprint density at radius 3 is 2.69 bits per heavy atom. The molecule has 1 fully saturated rings. The smallest absolute Gasteiger partial charge is 0.251 e. The number of piperidine rings is 1. The molecule has 0 saturated carbocycles. The zero-order valence-corrected chi connectivity index (χ0v) is 15.9. The molecule has 7 heteroatoms. The van der Waals surface area contributed by atoms with Crippen LogP contribution in [-0.2, 0) is 6.54 Å². The molecule has 6 nitrogen and oxygen atoms in total. The van der Waals surface area contributed by atoms with Gasteiger partial charge in [0.05, 0.1) is 17.3 Å². The monoisotopic (exact) mass is 391 g/mol. The van der Waals surface area contributed by atoms with Crippen molar-refractivity contribution in [3.63, 3.8) is 0 Å². The van der Waals surface area contributed by atoms with Crippen LogP contribution < -0.4 is 11.1 Å². The van der Waals surface area contributed by atoms with Crippen LogP contribution >= 0.6 is 0 Å². The SMILES string of the molecule is NC(=O)c1cc(F)cc2c1n1ncc(C3CCNCC3)c1n2Cc1ccccc1. The quantitative estimate of drug-likeness (QED) is 0.561. The van der Waals surface area contributed by atoms with Crippen LogP contribution in [0.2, 0.25) is 0 Å². The third-order valence-electron chi connectivity index (χ3n) is 5.81. The molecule has 0 radical (unpaired) electrons. The van der Waals surface area contributed by atoms with E-state index in [1.54, 1.807) is 4.52 Å². The fourth-order valence-electron chi connectivity index (χ4n) is 4.45. The fourth-order valence-corrected chi connectivity index (χ4v) is 4.45. The predicted molar refractivity (Wildman–Crippen MR) is 110 cm³/mol. The Balaban J connectivity index is 1.81. The number of aromatic nitrogens is 3. The van der Waals surface area contributed by atoms with Crippen LogP contribution in [-0.4, -0.2) is 33.2 Å². The van der Waals surface area contributed by atoms with Crippen molar-refractivity contribution in [3.8, 4) is 0 Å². The Morgan fingerprint density at radius 1 is 1.21 bits per heavy atom. The number of amides is 1. The molecule has 0 bridgehead atoms. The van der Waals surface area contributed by atoms with Gasteiger partial charge in [0.1, 0.15) is 17.0 Å². The first kappa shape index (κ1) is 17.9. The van der Waals surface area contributed by atoms with Gasteiger partial charge in [0, 0.05) is 12.1 Å². The van der Waals surface area contributed by atoms with Crippen LogP contribution in [0.1, 0.15) is 40.2 Å². The number of benzene rings is 2. The second kappa shape index (κ2) is 7.00. The first-order chi connectivity index (χ1) is 14.1. The standard InChI is InChI=1S/C22H22FN5O/c23-16-10-17(21(24)29)20-19(11-16)27(13-14-4-2-1-3-5-14)22-18(12-26-28(20)22)15-6-8-25-9-7-15/h1-5,10-12,15,25H,6-9,13H2,(H2,24,29). The van der Waals surface area contributed by atoms with E-state index in [0.717, 1.165) is 42.7 Å². The van der Waals surface area contributed by atoms with Crippen molar-refractivity contribution >= 4 is 22.6 Å². The molecule has 1 aliphatic rings. The molecule has 0 spiro atoms. The number of nitrogens with zero attached hydrogens (tertiary/aromatic N) is 3. The van der Waals surface area contributed by atoms with E-state index in [9.17, 15) is 9.18 Å². The summed E-state index contributed by atoms with van der Waals surface area (Å²) in [6, 6.07) is 12.7. The van der Waals surface area contributed by atoms with E-state index in [1.165, 1.54) is 12.1 Å². The third-order valence-corrected chi connectivity index (χ3v) is 5.81. The maximum Gasteiger partial charge on any atom is 0.251 e. The Labute approximate surface area is 167 Å². The molecule has 1 aliphatic heterocycles. The fraction of sp³-hybridized carbons (Fsp3) is 0.273. The van der Waals surface area contributed by atoms with E-state index in [2.05, 4.69) is 15.0 Å². The van der Waals surface area contributed by atoms with Gasteiger partial charge in [-0.3, -0.25) is 4.79 Å². The van der Waals surface area contributed by atoms with Crippen LogP contribution in [0.3, 0.4) is 0 Å². The maximum absolute atomic E-state index is 14.4. The Kier molecular flexibility index (Phi) is 4.32. The molecule has 1 amide bonds. The van der Waals surface area contributed by atoms with Crippen LogP contribution in [0.25, 0.3) is 16.7 Å². The number of halogens is 1. The Morgan fingerprint density at radius 2 is 1.97 bits per heavy atom. The Hall–Kier alpha value is -3.19. The van der Waals surface area contributed by atoms with E-state index in [4.69, 9.17) is 5.73 Å². The van der Waals surface area contributed by atoms with Gasteiger partial charge >= 0.3 is 0 Å². The maximum atomic E-state index is 14.4. The summed E-state index contributed by atoms with van der Waals surface area (Å²) >= 11 is 0. The second-order valence-corrected chi connectivity index (χ2v) is 7.62. The third kappa shape index (κ3) is 2.98. The number of nitrogens with one attached hydrogen (secondary N) is 1. The number of hydrogen-bond acceptors (Lipinski definition) is 3. The number of primary amides is 1. The lowest BCUT2D eigenvalue weighted by Gasteiger charge is -2.22. The molecule has 2 aromatic heterocycles. The summed E-state index contributed by atoms with van der Waals surface area (Å²) in [6.45, 7) is 2.48. The lowest BCUT2D eigenvalue weighted by molar-refractivity contribution is 0.100. The number of nitrogens with two attached hydrogens (primary N) is 1. The molecule has 4 aromatic rings. The van der Waals surface area contributed by atoms with Crippen molar-refractivity contribution in [2.75, 3.05) is 13.1 Å². The minimum atomic E-state index is -0.660. The molecular formula is C22H22FN5O. The first-order valence-electron chi connectivity index (χ1n) is 9.87. The molecule has 0 unspecified atom stereocenters. The molecule has 5 rings (SSSR count). The lowest BCUT2D eigenvalue weighted by atomic mass is 9.92. The van der Waals surface area contributed by atoms with Crippen molar-refractivity contribution in [1.82, 2.24) is 19.5 Å². The van der Waals surface area contributed by atoms with E-state index >= 15 is 0 Å². The minimum Gasteiger partial charge on any atom is -0.366 e. The van der Waals surface area contributed by atoms with Crippen molar-refractivity contribution in [3.05, 3.63) is 71.2 Å². The van der Waals surface area contributed by atoms with E-state index < -0.39 is 11.7 Å². The number of rotatable bonds is 4. The van der Waals surface area contributed by atoms with Gasteiger partial charge in [-0.15, -0.1) is 0 Å². The zero-order valence-electron chi connectivity index (χ0n) is 15.9. The highest BCUT2D eigenvalue weighted by Gasteiger charge is 2.26. The number of hydrogen-bond donors (Lipinski definition) is 2. The predicted octanol–water partition coefficient (Wildman–Crippen LogP) is 3.04. The van der Waals surface area contributed by atoms with Crippen LogP contribution in [0, 0.1) is 5.82 Å². The highest BCUT2D eigenvalue weighted by atomic mass is 19.1. The van der Waals surface area contributed by atoms with Crippen molar-refractivity contribution in [1.29, 1.82) is 0 Å². The summed E-state index contributed by atoms with van der Waals surface area (Å²) in [5.41, 5.74) is 10.1. The van der Waals surface area contributed by atoms with Gasteiger partial charge in [-0.1, -0.05) is 30.3 Å². The van der Waals surface area contributed by atoms with Crippen molar-refractivity contribution < 1.29 is 9.18 Å². The number of carbonyl (C=O) groups is 1. The molecule has 3 heterocycles. The average Bonchev–Trinajstić information content (AvgIpc) is 3.28. The van der Waals surface area contributed by atoms with Gasteiger partial charge in [0.2, 0.25) is 0 Å². The topological polar surface area (TPSA) is 77.3 Å². The van der Waals surface area contributed by atoms with Gasteiger partial charge in [0.25, 0.3) is 5.91 Å². The highest BCUT2D eigenvalue weighted by molar-refractivity contribution is 6.05. The van der Waals surface area contributed by atoms with Gasteiger partial charge in [-0.25, -0.2) is 8.91 Å². The minimum absolute atomic E-state index is 0.150. The highest BCUT2D eigenvalue weighted by Crippen LogP contribution is 2.34. The molecule has 29 heavy (non-hydrogen) atoms. The summed E-state index contributed by atoms with van der Waals surface area (Å²) in [4.78, 5) is 12.1. The molecule has 148 valence electrons. The van der Waals surface area contributed by atoms with E-state index in [0.29, 0.717) is 23.5 Å². The summed E-state index contributed by atoms with van der Waals surface area (Å²) < 4.78 is 18.2. The average molecular weight is 391 g/mol. The molecule has 1 saturated heterocycles. The van der Waals surface area contributed by atoms with Gasteiger partial charge in [-0.2, -0.15) is 5.10 Å². The summed E-state index contributed by atoms with van der Waals surface area (Å²) in [7, 11) is 0. The van der Waals surface area contributed by atoms with Crippen LogP contribution in [0.4, 0.5) is 4.39 Å². The zero-order chi connectivity index (χ0) is 20.0. The number of imidazole rings is 1. The molecule has 3 N–H and O–H groups in total. The van der Waals surface area contributed by atoms with Crippen LogP contribution in [0.5, 0.6) is 0 Å². The van der Waals surface area contributed by atoms with Gasteiger partial charge < -0.3 is 15.6 Å². The summed E-state index contributed by atoms with van der Waals surface area (Å²) in [5, 5.41) is 7.99. The van der Waals surface area contributed by atoms with E-state index in [-0.39, 0.29) is 5.56 Å². The second-order valence-electron chi connectivity index (χ2n) is 7.62. The molecule has 2 aromatic carbocycles. The molecule has 0 atom stereocenters. The van der Waals surface area contributed by atoms with Gasteiger partial charge in [0.15, 0.2) is 0 Å². The van der Waals surface area contributed by atoms with Crippen LogP contribution in [0.15, 0.2) is 48.7 Å². The first-order valence-corrected chi connectivity index (χ1v) is 9.87. The normalized spacial score (nSPS) is 15.3. The molecule has 0 aliphatic carbocycles. The van der Waals surface area contributed by atoms with E-state index in [1.807, 2.05) is 36.5 Å². The molecular weight excluding hydrogens is 369 g/mol. The lowest BCUT2D eigenvalue weighted by Crippen LogP contribution is -2.26. The Bertz CT molecular complexity index is 1200. The number of fused-ring (bicyclic) bond motifs is 3. The largest absolute Gasteiger partial charge is 0.366 e. The summed E-state index contributed by atoms with van der Waals surface area (Å²) in [6.07, 6.45) is 3.93.